The number of nitrogens with two attached hydrogens (primary N) is 1. The van der Waals surface area contributed by atoms with Crippen LogP contribution in [0.1, 0.15) is 32.6 Å². The van der Waals surface area contributed by atoms with Crippen molar-refractivity contribution in [1.82, 2.24) is 4.90 Å². The van der Waals surface area contributed by atoms with Gasteiger partial charge in [0, 0.05) is 26.7 Å². The maximum atomic E-state index is 5.91. The first-order chi connectivity index (χ1) is 8.15. The first-order valence-corrected chi connectivity index (χ1v) is 6.78. The van der Waals surface area contributed by atoms with Crippen molar-refractivity contribution >= 4 is 0 Å². The van der Waals surface area contributed by atoms with Crippen molar-refractivity contribution in [3.63, 3.8) is 0 Å². The molecule has 0 saturated carbocycles. The van der Waals surface area contributed by atoms with Crippen LogP contribution in [0.15, 0.2) is 0 Å². The van der Waals surface area contributed by atoms with Crippen molar-refractivity contribution < 1.29 is 9.47 Å². The van der Waals surface area contributed by atoms with E-state index in [-0.39, 0.29) is 5.60 Å². The lowest BCUT2D eigenvalue weighted by molar-refractivity contribution is -0.0634. The first-order valence-electron chi connectivity index (χ1n) is 6.78. The molecule has 2 aliphatic rings. The summed E-state index contributed by atoms with van der Waals surface area (Å²) >= 11 is 0. The zero-order valence-corrected chi connectivity index (χ0v) is 11.2. The summed E-state index contributed by atoms with van der Waals surface area (Å²) in [4.78, 5) is 2.48. The quantitative estimate of drug-likeness (QED) is 0.799. The smallest absolute Gasteiger partial charge is 0.0777 e. The van der Waals surface area contributed by atoms with Crippen LogP contribution in [-0.4, -0.2) is 56.0 Å². The SMILES string of the molecule is COC1(C)CCCN(CC2CCC(CN)O2)C1. The number of nitrogens with zero attached hydrogens (tertiary/aromatic N) is 1. The van der Waals surface area contributed by atoms with E-state index in [1.54, 1.807) is 0 Å². The highest BCUT2D eigenvalue weighted by molar-refractivity contribution is 4.87. The second-order valence-corrected chi connectivity index (χ2v) is 5.69. The van der Waals surface area contributed by atoms with Gasteiger partial charge in [0.2, 0.25) is 0 Å². The maximum absolute atomic E-state index is 5.91. The average Bonchev–Trinajstić information content (AvgIpc) is 2.77. The molecule has 0 bridgehead atoms. The molecule has 100 valence electrons. The Kier molecular flexibility index (Phi) is 4.42. The van der Waals surface area contributed by atoms with E-state index < -0.39 is 0 Å². The monoisotopic (exact) mass is 242 g/mol. The van der Waals surface area contributed by atoms with Gasteiger partial charge >= 0.3 is 0 Å². The zero-order valence-electron chi connectivity index (χ0n) is 11.2. The van der Waals surface area contributed by atoms with Crippen LogP contribution >= 0.6 is 0 Å². The maximum Gasteiger partial charge on any atom is 0.0777 e. The molecule has 0 aromatic heterocycles. The summed E-state index contributed by atoms with van der Waals surface area (Å²) in [6.07, 6.45) is 5.33. The molecule has 2 N–H and O–H groups in total. The summed E-state index contributed by atoms with van der Waals surface area (Å²) < 4.78 is 11.5. The van der Waals surface area contributed by atoms with Gasteiger partial charge in [-0.3, -0.25) is 4.90 Å². The van der Waals surface area contributed by atoms with Crippen LogP contribution in [0.3, 0.4) is 0 Å². The Bertz CT molecular complexity index is 250. The third-order valence-electron chi connectivity index (χ3n) is 4.15. The molecule has 4 nitrogen and oxygen atoms in total. The van der Waals surface area contributed by atoms with Crippen LogP contribution in [0, 0.1) is 0 Å². The third kappa shape index (κ3) is 3.41. The van der Waals surface area contributed by atoms with Gasteiger partial charge in [-0.2, -0.15) is 0 Å². The summed E-state index contributed by atoms with van der Waals surface area (Å²) in [5, 5.41) is 0. The number of piperidine rings is 1. The van der Waals surface area contributed by atoms with Gasteiger partial charge in [-0.25, -0.2) is 0 Å². The van der Waals surface area contributed by atoms with Crippen LogP contribution in [-0.2, 0) is 9.47 Å². The van der Waals surface area contributed by atoms with Gasteiger partial charge in [0.25, 0.3) is 0 Å². The van der Waals surface area contributed by atoms with E-state index in [2.05, 4.69) is 11.8 Å². The second-order valence-electron chi connectivity index (χ2n) is 5.69. The Morgan fingerprint density at radius 2 is 2.18 bits per heavy atom. The van der Waals surface area contributed by atoms with Crippen molar-refractivity contribution in [3.8, 4) is 0 Å². The standard InChI is InChI=1S/C13H26N2O2/c1-13(16-2)6-3-7-15(10-13)9-12-5-4-11(8-14)17-12/h11-12H,3-10,14H2,1-2H3. The van der Waals surface area contributed by atoms with Gasteiger partial charge in [-0.05, 0) is 39.2 Å². The van der Waals surface area contributed by atoms with Gasteiger partial charge in [-0.1, -0.05) is 0 Å². The fourth-order valence-corrected chi connectivity index (χ4v) is 3.01. The minimum absolute atomic E-state index is 0.0319. The lowest BCUT2D eigenvalue weighted by Crippen LogP contribution is -2.49. The molecule has 0 radical (unpaired) electrons. The molecule has 0 aliphatic carbocycles. The number of methoxy groups -OCH3 is 1. The molecule has 0 amide bonds. The summed E-state index contributed by atoms with van der Waals surface area (Å²) in [6.45, 7) is 6.10. The molecule has 3 atom stereocenters. The van der Waals surface area contributed by atoms with Crippen LogP contribution in [0.4, 0.5) is 0 Å². The molecule has 2 heterocycles. The van der Waals surface area contributed by atoms with Gasteiger partial charge in [0.05, 0.1) is 17.8 Å². The molecular formula is C13H26N2O2. The van der Waals surface area contributed by atoms with Crippen molar-refractivity contribution in [2.45, 2.75) is 50.4 Å². The molecule has 3 unspecified atom stereocenters. The summed E-state index contributed by atoms with van der Waals surface area (Å²) in [7, 11) is 1.82. The van der Waals surface area contributed by atoms with E-state index in [9.17, 15) is 0 Å². The normalized spacial score (nSPS) is 39.7. The van der Waals surface area contributed by atoms with E-state index in [1.165, 1.54) is 13.0 Å². The largest absolute Gasteiger partial charge is 0.377 e. The molecule has 2 saturated heterocycles. The Hall–Kier alpha value is -0.160. The van der Waals surface area contributed by atoms with Crippen molar-refractivity contribution in [1.29, 1.82) is 0 Å². The highest BCUT2D eigenvalue weighted by Gasteiger charge is 2.33. The van der Waals surface area contributed by atoms with Crippen molar-refractivity contribution in [2.24, 2.45) is 5.73 Å². The fraction of sp³-hybridized carbons (Fsp3) is 1.00. The molecule has 2 fully saturated rings. The fourth-order valence-electron chi connectivity index (χ4n) is 3.01. The molecule has 0 aromatic rings. The molecule has 2 aliphatic heterocycles. The summed E-state index contributed by atoms with van der Waals surface area (Å²) in [5.74, 6) is 0. The molecule has 17 heavy (non-hydrogen) atoms. The lowest BCUT2D eigenvalue weighted by atomic mass is 9.94. The first kappa shape index (κ1) is 13.3. The number of hydrogen-bond donors (Lipinski definition) is 1. The topological polar surface area (TPSA) is 47.7 Å². The van der Waals surface area contributed by atoms with Gasteiger partial charge in [-0.15, -0.1) is 0 Å². The van der Waals surface area contributed by atoms with Crippen molar-refractivity contribution in [3.05, 3.63) is 0 Å². The zero-order chi connectivity index (χ0) is 12.3. The minimum Gasteiger partial charge on any atom is -0.377 e. The van der Waals surface area contributed by atoms with Crippen LogP contribution in [0.25, 0.3) is 0 Å². The molecule has 0 aromatic carbocycles. The van der Waals surface area contributed by atoms with Gasteiger partial charge < -0.3 is 15.2 Å². The van der Waals surface area contributed by atoms with Crippen LogP contribution in [0.2, 0.25) is 0 Å². The Morgan fingerprint density at radius 1 is 1.41 bits per heavy atom. The van der Waals surface area contributed by atoms with E-state index in [1.807, 2.05) is 7.11 Å². The highest BCUT2D eigenvalue weighted by Crippen LogP contribution is 2.26. The minimum atomic E-state index is 0.0319. The Morgan fingerprint density at radius 3 is 2.82 bits per heavy atom. The second kappa shape index (κ2) is 5.65. The van der Waals surface area contributed by atoms with E-state index in [4.69, 9.17) is 15.2 Å². The average molecular weight is 242 g/mol. The Balaban J connectivity index is 1.79. The molecule has 2 rings (SSSR count). The van der Waals surface area contributed by atoms with E-state index in [0.29, 0.717) is 18.8 Å². The summed E-state index contributed by atoms with van der Waals surface area (Å²) in [5.41, 5.74) is 5.67. The summed E-state index contributed by atoms with van der Waals surface area (Å²) in [6, 6.07) is 0. The predicted octanol–water partition coefficient (Wildman–Crippen LogP) is 0.994. The van der Waals surface area contributed by atoms with Gasteiger partial charge in [0.1, 0.15) is 0 Å². The van der Waals surface area contributed by atoms with Crippen LogP contribution < -0.4 is 5.73 Å². The number of likely N-dealkylation sites (tertiary alicyclic amines) is 1. The number of ether oxygens (including phenoxy) is 2. The lowest BCUT2D eigenvalue weighted by Gasteiger charge is -2.40. The number of rotatable bonds is 4. The molecule has 4 heteroatoms. The number of hydrogen-bond acceptors (Lipinski definition) is 4. The van der Waals surface area contributed by atoms with Crippen molar-refractivity contribution in [2.75, 3.05) is 33.3 Å². The van der Waals surface area contributed by atoms with Gasteiger partial charge in [0.15, 0.2) is 0 Å². The molecule has 0 spiro atoms. The van der Waals surface area contributed by atoms with E-state index in [0.717, 1.165) is 32.4 Å². The van der Waals surface area contributed by atoms with Crippen LogP contribution in [0.5, 0.6) is 0 Å². The van der Waals surface area contributed by atoms with E-state index >= 15 is 0 Å². The highest BCUT2D eigenvalue weighted by atomic mass is 16.5. The Labute approximate surface area is 104 Å². The third-order valence-corrected chi connectivity index (χ3v) is 4.15. The molecular weight excluding hydrogens is 216 g/mol. The predicted molar refractivity (Wildman–Crippen MR) is 68.0 cm³/mol.